The summed E-state index contributed by atoms with van der Waals surface area (Å²) in [7, 11) is 0. The first-order valence-corrected chi connectivity index (χ1v) is 10.6. The molecule has 0 bridgehead atoms. The van der Waals surface area contributed by atoms with Gasteiger partial charge in [0.25, 0.3) is 0 Å². The Balaban J connectivity index is 1.55. The lowest BCUT2D eigenvalue weighted by Crippen LogP contribution is -2.20. The summed E-state index contributed by atoms with van der Waals surface area (Å²) in [5.41, 5.74) is 1.50. The maximum atomic E-state index is 12.4. The quantitative estimate of drug-likeness (QED) is 0.440. The Morgan fingerprint density at radius 3 is 2.77 bits per heavy atom. The van der Waals surface area contributed by atoms with Crippen LogP contribution in [0.1, 0.15) is 40.7 Å². The summed E-state index contributed by atoms with van der Waals surface area (Å²) in [5.74, 6) is 0.196. The van der Waals surface area contributed by atoms with Gasteiger partial charge in [-0.15, -0.1) is 11.3 Å². The molecule has 0 atom stereocenters. The predicted octanol–water partition coefficient (Wildman–Crippen LogP) is 4.60. The van der Waals surface area contributed by atoms with Gasteiger partial charge >= 0.3 is 12.0 Å². The van der Waals surface area contributed by atoms with Crippen LogP contribution in [0.2, 0.25) is 0 Å². The van der Waals surface area contributed by atoms with E-state index in [1.165, 1.54) is 11.3 Å². The molecular weight excluding hydrogens is 420 g/mol. The highest BCUT2D eigenvalue weighted by Crippen LogP contribution is 2.27. The fraction of sp³-hybridized carbons (Fsp3) is 0.333. The van der Waals surface area contributed by atoms with Crippen molar-refractivity contribution in [2.24, 2.45) is 5.92 Å². The molecule has 3 rings (SSSR count). The minimum atomic E-state index is -1.13. The molecule has 0 aliphatic rings. The molecule has 0 unspecified atom stereocenters. The van der Waals surface area contributed by atoms with Crippen molar-refractivity contribution in [1.82, 2.24) is 9.97 Å². The predicted molar refractivity (Wildman–Crippen MR) is 117 cm³/mol. The summed E-state index contributed by atoms with van der Waals surface area (Å²) in [6.45, 7) is 6.63. The molecule has 9 nitrogen and oxygen atoms in total. The maximum Gasteiger partial charge on any atom is 0.357 e. The number of hydrogen-bond acceptors (Lipinski definition) is 7. The van der Waals surface area contributed by atoms with Crippen LogP contribution >= 0.6 is 11.3 Å². The molecule has 3 N–H and O–H groups in total. The Kier molecular flexibility index (Phi) is 7.24. The second-order valence-corrected chi connectivity index (χ2v) is 8.46. The van der Waals surface area contributed by atoms with E-state index in [4.69, 9.17) is 14.3 Å². The summed E-state index contributed by atoms with van der Waals surface area (Å²) in [4.78, 5) is 32.3. The van der Waals surface area contributed by atoms with Crippen LogP contribution in [-0.4, -0.2) is 33.7 Å². The number of amides is 2. The number of nitrogens with zero attached hydrogens (tertiary/aromatic N) is 2. The van der Waals surface area contributed by atoms with Crippen molar-refractivity contribution in [2.45, 2.75) is 33.6 Å². The number of aromatic nitrogens is 2. The standard InChI is InChI=1S/C21H24N4O5S/c1-12(2)10-29-17-8-13(3)4-6-15(17)24-20(28)25-21-22-9-14(31-21)5-7-18-23-16(11-30-18)19(26)27/h4,6,8-9,11-12H,5,7,10H2,1-3H3,(H,26,27)(H2,22,24,25,28). The van der Waals surface area contributed by atoms with E-state index in [2.05, 4.69) is 34.4 Å². The van der Waals surface area contributed by atoms with Crippen LogP contribution in [0, 0.1) is 12.8 Å². The van der Waals surface area contributed by atoms with Crippen molar-refractivity contribution in [3.63, 3.8) is 0 Å². The molecule has 31 heavy (non-hydrogen) atoms. The minimum absolute atomic E-state index is 0.119. The highest BCUT2D eigenvalue weighted by atomic mass is 32.1. The van der Waals surface area contributed by atoms with E-state index in [9.17, 15) is 9.59 Å². The Bertz CT molecular complexity index is 1060. The third-order valence-electron chi connectivity index (χ3n) is 4.09. The SMILES string of the molecule is Cc1ccc(NC(=O)Nc2ncc(CCc3nc(C(=O)O)co3)s2)c(OCC(C)C)c1. The zero-order valence-electron chi connectivity index (χ0n) is 17.5. The van der Waals surface area contributed by atoms with E-state index < -0.39 is 12.0 Å². The molecule has 10 heteroatoms. The molecule has 0 saturated carbocycles. The van der Waals surface area contributed by atoms with Crippen molar-refractivity contribution < 1.29 is 23.8 Å². The molecule has 1 aromatic carbocycles. The molecule has 0 saturated heterocycles. The zero-order chi connectivity index (χ0) is 22.4. The Morgan fingerprint density at radius 1 is 1.26 bits per heavy atom. The van der Waals surface area contributed by atoms with Crippen molar-refractivity contribution in [2.75, 3.05) is 17.2 Å². The molecule has 0 aliphatic heterocycles. The van der Waals surface area contributed by atoms with Gasteiger partial charge < -0.3 is 19.6 Å². The average molecular weight is 445 g/mol. The first kappa shape index (κ1) is 22.3. The van der Waals surface area contributed by atoms with Gasteiger partial charge in [-0.2, -0.15) is 0 Å². The van der Waals surface area contributed by atoms with E-state index in [0.717, 1.165) is 16.7 Å². The van der Waals surface area contributed by atoms with Gasteiger partial charge in [0, 0.05) is 17.5 Å². The number of hydrogen-bond donors (Lipinski definition) is 3. The summed E-state index contributed by atoms with van der Waals surface area (Å²) < 4.78 is 11.0. The van der Waals surface area contributed by atoms with Crippen LogP contribution in [0.4, 0.5) is 15.6 Å². The van der Waals surface area contributed by atoms with Gasteiger partial charge in [-0.25, -0.2) is 19.6 Å². The molecule has 2 heterocycles. The van der Waals surface area contributed by atoms with Gasteiger partial charge in [0.1, 0.15) is 12.0 Å². The van der Waals surface area contributed by atoms with E-state index in [-0.39, 0.29) is 5.69 Å². The first-order valence-electron chi connectivity index (χ1n) is 9.74. The number of carbonyl (C=O) groups excluding carboxylic acids is 1. The van der Waals surface area contributed by atoms with Crippen molar-refractivity contribution >= 4 is 34.2 Å². The zero-order valence-corrected chi connectivity index (χ0v) is 18.3. The van der Waals surface area contributed by atoms with E-state index in [1.54, 1.807) is 12.3 Å². The van der Waals surface area contributed by atoms with Crippen LogP contribution in [0.5, 0.6) is 5.75 Å². The van der Waals surface area contributed by atoms with Crippen LogP contribution in [0.25, 0.3) is 0 Å². The first-order chi connectivity index (χ1) is 14.8. The van der Waals surface area contributed by atoms with E-state index in [0.29, 0.717) is 47.8 Å². The summed E-state index contributed by atoms with van der Waals surface area (Å²) in [6, 6.07) is 5.17. The molecule has 0 radical (unpaired) electrons. The molecular formula is C21H24N4O5S. The van der Waals surface area contributed by atoms with Crippen molar-refractivity contribution in [3.8, 4) is 5.75 Å². The second-order valence-electron chi connectivity index (χ2n) is 7.35. The summed E-state index contributed by atoms with van der Waals surface area (Å²) in [5, 5.41) is 14.8. The van der Waals surface area contributed by atoms with Crippen molar-refractivity contribution in [3.05, 3.63) is 52.7 Å². The molecule has 2 amide bonds. The van der Waals surface area contributed by atoms with Crippen LogP contribution in [-0.2, 0) is 12.8 Å². The van der Waals surface area contributed by atoms with Gasteiger partial charge in [-0.05, 0) is 37.0 Å². The molecule has 0 aliphatic carbocycles. The summed E-state index contributed by atoms with van der Waals surface area (Å²) in [6.07, 6.45) is 3.77. The average Bonchev–Trinajstić information content (AvgIpc) is 3.36. The number of carboxylic acid groups (broad SMARTS) is 1. The fourth-order valence-corrected chi connectivity index (χ4v) is 3.40. The number of carboxylic acids is 1. The molecule has 0 fully saturated rings. The highest BCUT2D eigenvalue weighted by molar-refractivity contribution is 7.15. The number of rotatable bonds is 9. The van der Waals surface area contributed by atoms with E-state index in [1.807, 2.05) is 19.1 Å². The molecule has 0 spiro atoms. The van der Waals surface area contributed by atoms with Gasteiger partial charge in [0.05, 0.1) is 12.3 Å². The largest absolute Gasteiger partial charge is 0.491 e. The van der Waals surface area contributed by atoms with Gasteiger partial charge in [0.2, 0.25) is 0 Å². The van der Waals surface area contributed by atoms with Crippen LogP contribution < -0.4 is 15.4 Å². The fourth-order valence-electron chi connectivity index (χ4n) is 2.59. The topological polar surface area (TPSA) is 127 Å². The number of aryl methyl sites for hydroxylation is 3. The minimum Gasteiger partial charge on any atom is -0.491 e. The summed E-state index contributed by atoms with van der Waals surface area (Å²) >= 11 is 1.32. The number of benzene rings is 1. The normalized spacial score (nSPS) is 10.8. The molecule has 164 valence electrons. The molecule has 2 aromatic heterocycles. The third-order valence-corrected chi connectivity index (χ3v) is 5.06. The number of oxazole rings is 1. The Labute approximate surface area is 183 Å². The van der Waals surface area contributed by atoms with Gasteiger partial charge in [0.15, 0.2) is 16.7 Å². The van der Waals surface area contributed by atoms with Crippen LogP contribution in [0.3, 0.4) is 0 Å². The van der Waals surface area contributed by atoms with E-state index >= 15 is 0 Å². The van der Waals surface area contributed by atoms with Crippen molar-refractivity contribution in [1.29, 1.82) is 0 Å². The van der Waals surface area contributed by atoms with Gasteiger partial charge in [-0.3, -0.25) is 5.32 Å². The lowest BCUT2D eigenvalue weighted by atomic mass is 10.2. The smallest absolute Gasteiger partial charge is 0.357 e. The number of carbonyl (C=O) groups is 2. The maximum absolute atomic E-state index is 12.4. The Morgan fingerprint density at radius 2 is 2.06 bits per heavy atom. The number of ether oxygens (including phenoxy) is 1. The number of nitrogens with one attached hydrogen (secondary N) is 2. The number of anilines is 2. The monoisotopic (exact) mass is 444 g/mol. The van der Waals surface area contributed by atoms with Crippen LogP contribution in [0.15, 0.2) is 35.1 Å². The number of aromatic carboxylic acids is 1. The lowest BCUT2D eigenvalue weighted by molar-refractivity contribution is 0.0690. The number of urea groups is 1. The lowest BCUT2D eigenvalue weighted by Gasteiger charge is -2.14. The molecule has 3 aromatic rings. The highest BCUT2D eigenvalue weighted by Gasteiger charge is 2.13. The number of thiazole rings is 1. The van der Waals surface area contributed by atoms with Gasteiger partial charge in [-0.1, -0.05) is 19.9 Å². The third kappa shape index (κ3) is 6.54. The Hall–Kier alpha value is -3.40. The second kappa shape index (κ2) is 10.1.